The monoisotopic (exact) mass is 373 g/mol. The van der Waals surface area contributed by atoms with E-state index in [9.17, 15) is 14.7 Å². The number of carboxylic acid groups (broad SMARTS) is 1. The number of benzene rings is 1. The SMILES string of the molecule is C/C(=N/NC(=O)COc1ccc(C(C)(C)C)cc1)c1ccc(C(=O)[O-])s1. The number of hydrazone groups is 1. The number of amides is 1. The fraction of sp³-hybridized carbons (Fsp3) is 0.316. The highest BCUT2D eigenvalue weighted by Gasteiger charge is 2.13. The molecule has 0 fully saturated rings. The van der Waals surface area contributed by atoms with Gasteiger partial charge in [-0.05, 0) is 42.2 Å². The maximum atomic E-state index is 11.8. The summed E-state index contributed by atoms with van der Waals surface area (Å²) in [6, 6.07) is 10.7. The molecule has 7 heteroatoms. The quantitative estimate of drug-likeness (QED) is 0.621. The second-order valence-electron chi connectivity index (χ2n) is 6.75. The first-order chi connectivity index (χ1) is 12.2. The minimum absolute atomic E-state index is 0.0561. The lowest BCUT2D eigenvalue weighted by Gasteiger charge is -2.19. The van der Waals surface area contributed by atoms with E-state index in [1.165, 1.54) is 11.6 Å². The maximum Gasteiger partial charge on any atom is 0.277 e. The Kier molecular flexibility index (Phi) is 6.15. The minimum atomic E-state index is -1.23. The molecule has 0 radical (unpaired) electrons. The topological polar surface area (TPSA) is 90.8 Å². The zero-order valence-corrected chi connectivity index (χ0v) is 16.0. The van der Waals surface area contributed by atoms with Gasteiger partial charge in [-0.1, -0.05) is 32.9 Å². The molecule has 0 saturated carbocycles. The van der Waals surface area contributed by atoms with E-state index in [2.05, 4.69) is 31.3 Å². The number of hydrogen-bond acceptors (Lipinski definition) is 6. The minimum Gasteiger partial charge on any atom is -0.544 e. The number of hydrogen-bond donors (Lipinski definition) is 1. The normalized spacial score (nSPS) is 11.9. The van der Waals surface area contributed by atoms with Gasteiger partial charge in [0.25, 0.3) is 5.91 Å². The molecule has 1 heterocycles. The van der Waals surface area contributed by atoms with Crippen LogP contribution in [0.2, 0.25) is 0 Å². The third-order valence-electron chi connectivity index (χ3n) is 3.60. The second-order valence-corrected chi connectivity index (χ2v) is 7.83. The summed E-state index contributed by atoms with van der Waals surface area (Å²) in [5.41, 5.74) is 4.14. The van der Waals surface area contributed by atoms with Crippen LogP contribution in [0, 0.1) is 0 Å². The van der Waals surface area contributed by atoms with Gasteiger partial charge in [-0.3, -0.25) is 4.79 Å². The number of ether oxygens (including phenoxy) is 1. The van der Waals surface area contributed by atoms with Gasteiger partial charge in [0.15, 0.2) is 6.61 Å². The van der Waals surface area contributed by atoms with Crippen LogP contribution in [-0.4, -0.2) is 24.2 Å². The van der Waals surface area contributed by atoms with Gasteiger partial charge < -0.3 is 14.6 Å². The van der Waals surface area contributed by atoms with Crippen molar-refractivity contribution in [1.82, 2.24) is 5.43 Å². The van der Waals surface area contributed by atoms with Crippen molar-refractivity contribution < 1.29 is 19.4 Å². The van der Waals surface area contributed by atoms with Crippen molar-refractivity contribution in [2.24, 2.45) is 5.10 Å². The summed E-state index contributed by atoms with van der Waals surface area (Å²) in [5, 5.41) is 14.7. The Balaban J connectivity index is 1.87. The van der Waals surface area contributed by atoms with Crippen molar-refractivity contribution in [2.45, 2.75) is 33.1 Å². The van der Waals surface area contributed by atoms with Crippen LogP contribution in [0.1, 0.15) is 47.8 Å². The molecule has 0 aliphatic heterocycles. The Morgan fingerprint density at radius 3 is 2.27 bits per heavy atom. The summed E-state index contributed by atoms with van der Waals surface area (Å²) in [6.45, 7) is 7.89. The molecule has 26 heavy (non-hydrogen) atoms. The number of carboxylic acids is 1. The molecule has 1 aromatic heterocycles. The van der Waals surface area contributed by atoms with Crippen LogP contribution in [0.15, 0.2) is 41.5 Å². The summed E-state index contributed by atoms with van der Waals surface area (Å²) >= 11 is 1.04. The summed E-state index contributed by atoms with van der Waals surface area (Å²) in [5.74, 6) is -1.03. The highest BCUT2D eigenvalue weighted by molar-refractivity contribution is 7.15. The molecule has 0 bridgehead atoms. The second kappa shape index (κ2) is 8.14. The van der Waals surface area contributed by atoms with Crippen molar-refractivity contribution in [2.75, 3.05) is 6.61 Å². The third kappa shape index (κ3) is 5.42. The van der Waals surface area contributed by atoms with E-state index < -0.39 is 11.9 Å². The smallest absolute Gasteiger partial charge is 0.277 e. The molecule has 0 saturated heterocycles. The molecule has 1 N–H and O–H groups in total. The predicted molar refractivity (Wildman–Crippen MR) is 99.6 cm³/mol. The number of aromatic carboxylic acids is 1. The zero-order chi connectivity index (χ0) is 19.3. The van der Waals surface area contributed by atoms with Crippen LogP contribution in [-0.2, 0) is 10.2 Å². The van der Waals surface area contributed by atoms with Gasteiger partial charge in [-0.2, -0.15) is 5.10 Å². The molecule has 0 aliphatic carbocycles. The van der Waals surface area contributed by atoms with Gasteiger partial charge in [0.1, 0.15) is 5.75 Å². The number of nitrogens with one attached hydrogen (secondary N) is 1. The largest absolute Gasteiger partial charge is 0.544 e. The average molecular weight is 373 g/mol. The van der Waals surface area contributed by atoms with Gasteiger partial charge in [-0.25, -0.2) is 5.43 Å². The average Bonchev–Trinajstić information content (AvgIpc) is 3.08. The Labute approximate surface area is 156 Å². The summed E-state index contributed by atoms with van der Waals surface area (Å²) < 4.78 is 5.44. The molecule has 0 aliphatic rings. The summed E-state index contributed by atoms with van der Waals surface area (Å²) in [7, 11) is 0. The summed E-state index contributed by atoms with van der Waals surface area (Å²) in [4.78, 5) is 23.4. The van der Waals surface area contributed by atoms with E-state index in [1.54, 1.807) is 13.0 Å². The molecule has 6 nitrogen and oxygen atoms in total. The highest BCUT2D eigenvalue weighted by atomic mass is 32.1. The molecular weight excluding hydrogens is 352 g/mol. The molecule has 0 unspecified atom stereocenters. The number of nitrogens with zero attached hydrogens (tertiary/aromatic N) is 1. The Morgan fingerprint density at radius 2 is 1.73 bits per heavy atom. The Hall–Kier alpha value is -2.67. The number of carbonyl (C=O) groups excluding carboxylic acids is 2. The van der Waals surface area contributed by atoms with Crippen LogP contribution in [0.3, 0.4) is 0 Å². The predicted octanol–water partition coefficient (Wildman–Crippen LogP) is 2.33. The molecule has 138 valence electrons. The van der Waals surface area contributed by atoms with E-state index in [1.807, 2.05) is 24.3 Å². The van der Waals surface area contributed by atoms with Gasteiger partial charge in [0, 0.05) is 0 Å². The first-order valence-corrected chi connectivity index (χ1v) is 8.86. The third-order valence-corrected chi connectivity index (χ3v) is 4.78. The van der Waals surface area contributed by atoms with E-state index >= 15 is 0 Å². The first kappa shape index (κ1) is 19.7. The molecule has 2 aromatic rings. The summed E-state index contributed by atoms with van der Waals surface area (Å²) in [6.07, 6.45) is 0. The zero-order valence-electron chi connectivity index (χ0n) is 15.2. The van der Waals surface area contributed by atoms with Gasteiger partial charge >= 0.3 is 0 Å². The lowest BCUT2D eigenvalue weighted by molar-refractivity contribution is -0.254. The molecule has 1 aromatic carbocycles. The molecule has 0 spiro atoms. The van der Waals surface area contributed by atoms with E-state index in [0.29, 0.717) is 16.3 Å². The highest BCUT2D eigenvalue weighted by Crippen LogP contribution is 2.24. The lowest BCUT2D eigenvalue weighted by Crippen LogP contribution is -2.25. The van der Waals surface area contributed by atoms with Crippen LogP contribution in [0.4, 0.5) is 0 Å². The lowest BCUT2D eigenvalue weighted by atomic mass is 9.87. The fourth-order valence-electron chi connectivity index (χ4n) is 2.08. The Morgan fingerprint density at radius 1 is 1.12 bits per heavy atom. The van der Waals surface area contributed by atoms with Gasteiger partial charge in [0.05, 0.1) is 21.4 Å². The molecule has 2 rings (SSSR count). The van der Waals surface area contributed by atoms with E-state index in [0.717, 1.165) is 11.3 Å². The molecule has 0 atom stereocenters. The Bertz CT molecular complexity index is 817. The molecular formula is C19H21N2O4S-. The van der Waals surface area contributed by atoms with Crippen LogP contribution in [0.5, 0.6) is 5.75 Å². The van der Waals surface area contributed by atoms with Crippen molar-refractivity contribution in [3.8, 4) is 5.75 Å². The van der Waals surface area contributed by atoms with Crippen LogP contribution < -0.4 is 15.3 Å². The van der Waals surface area contributed by atoms with E-state index in [-0.39, 0.29) is 16.9 Å². The van der Waals surface area contributed by atoms with Crippen molar-refractivity contribution in [3.63, 3.8) is 0 Å². The van der Waals surface area contributed by atoms with E-state index in [4.69, 9.17) is 4.74 Å². The maximum absolute atomic E-state index is 11.8. The van der Waals surface area contributed by atoms with Gasteiger partial charge in [0.2, 0.25) is 0 Å². The van der Waals surface area contributed by atoms with Crippen LogP contribution in [0.25, 0.3) is 0 Å². The van der Waals surface area contributed by atoms with Crippen molar-refractivity contribution in [3.05, 3.63) is 51.7 Å². The van der Waals surface area contributed by atoms with Crippen molar-refractivity contribution >= 4 is 28.9 Å². The first-order valence-electron chi connectivity index (χ1n) is 8.05. The number of carbonyl (C=O) groups is 2. The van der Waals surface area contributed by atoms with Crippen molar-refractivity contribution in [1.29, 1.82) is 0 Å². The van der Waals surface area contributed by atoms with Crippen LogP contribution >= 0.6 is 11.3 Å². The number of rotatable bonds is 6. The molecule has 1 amide bonds. The van der Waals surface area contributed by atoms with Gasteiger partial charge in [-0.15, -0.1) is 11.3 Å². The fourth-order valence-corrected chi connectivity index (χ4v) is 2.86. The standard InChI is InChI=1S/C19H22N2O4S/c1-12(15-9-10-16(26-15)18(23)24)20-21-17(22)11-25-14-7-5-13(6-8-14)19(2,3)4/h5-10H,11H2,1-4H3,(H,21,22)(H,23,24)/p-1/b20-12-. The number of thiophene rings is 1.